The number of benzene rings is 1. The predicted octanol–water partition coefficient (Wildman–Crippen LogP) is 3.28. The second kappa shape index (κ2) is 5.19. The minimum Gasteiger partial charge on any atom is -0.451 e. The van der Waals surface area contributed by atoms with Gasteiger partial charge in [0.1, 0.15) is 5.58 Å². The van der Waals surface area contributed by atoms with Gasteiger partial charge in [0.15, 0.2) is 5.76 Å². The third-order valence-corrected chi connectivity index (χ3v) is 4.06. The van der Waals surface area contributed by atoms with Gasteiger partial charge in [0.2, 0.25) is 0 Å². The highest BCUT2D eigenvalue weighted by molar-refractivity contribution is 5.96. The van der Waals surface area contributed by atoms with Crippen LogP contribution in [0.2, 0.25) is 0 Å². The van der Waals surface area contributed by atoms with Gasteiger partial charge in [-0.05, 0) is 49.4 Å². The molecule has 1 aliphatic heterocycles. The van der Waals surface area contributed by atoms with E-state index in [1.165, 1.54) is 6.42 Å². The number of nitrogens with zero attached hydrogens (tertiary/aromatic N) is 1. The lowest BCUT2D eigenvalue weighted by Crippen LogP contribution is -2.31. The number of hydrogen-bond acceptors (Lipinski definition) is 3. The Morgan fingerprint density at radius 2 is 2.15 bits per heavy atom. The monoisotopic (exact) mass is 272 g/mol. The van der Waals surface area contributed by atoms with E-state index in [2.05, 4.69) is 6.92 Å². The van der Waals surface area contributed by atoms with Crippen LogP contribution in [-0.4, -0.2) is 23.9 Å². The van der Waals surface area contributed by atoms with Crippen molar-refractivity contribution in [1.82, 2.24) is 4.90 Å². The van der Waals surface area contributed by atoms with Crippen molar-refractivity contribution in [3.8, 4) is 0 Å². The summed E-state index contributed by atoms with van der Waals surface area (Å²) in [5, 5.41) is 0.886. The molecule has 1 aromatic heterocycles. The van der Waals surface area contributed by atoms with Crippen LogP contribution >= 0.6 is 0 Å². The zero-order chi connectivity index (χ0) is 14.1. The molecular formula is C16H20N2O2. The van der Waals surface area contributed by atoms with Crippen LogP contribution in [0.3, 0.4) is 0 Å². The number of amides is 1. The van der Waals surface area contributed by atoms with Crippen molar-refractivity contribution in [2.45, 2.75) is 26.2 Å². The fraction of sp³-hybridized carbons (Fsp3) is 0.438. The van der Waals surface area contributed by atoms with Crippen LogP contribution in [0.15, 0.2) is 28.7 Å². The van der Waals surface area contributed by atoms with E-state index >= 15 is 0 Å². The molecule has 0 radical (unpaired) electrons. The summed E-state index contributed by atoms with van der Waals surface area (Å²) in [6, 6.07) is 7.22. The smallest absolute Gasteiger partial charge is 0.289 e. The van der Waals surface area contributed by atoms with Crippen molar-refractivity contribution in [1.29, 1.82) is 0 Å². The Hall–Kier alpha value is -1.97. The number of likely N-dealkylation sites (tertiary alicyclic amines) is 1. The van der Waals surface area contributed by atoms with E-state index in [0.717, 1.165) is 31.3 Å². The van der Waals surface area contributed by atoms with Gasteiger partial charge in [-0.15, -0.1) is 0 Å². The maximum absolute atomic E-state index is 12.5. The summed E-state index contributed by atoms with van der Waals surface area (Å²) < 4.78 is 5.66. The van der Waals surface area contributed by atoms with E-state index in [1.807, 2.05) is 17.0 Å². The predicted molar refractivity (Wildman–Crippen MR) is 79.5 cm³/mol. The molecule has 1 atom stereocenters. The highest BCUT2D eigenvalue weighted by atomic mass is 16.3. The van der Waals surface area contributed by atoms with Crippen molar-refractivity contribution in [2.75, 3.05) is 18.8 Å². The Labute approximate surface area is 118 Å². The Morgan fingerprint density at radius 1 is 1.30 bits per heavy atom. The van der Waals surface area contributed by atoms with Gasteiger partial charge in [0, 0.05) is 24.2 Å². The van der Waals surface area contributed by atoms with Gasteiger partial charge in [0.25, 0.3) is 5.91 Å². The second-order valence-corrected chi connectivity index (χ2v) is 5.74. The third-order valence-electron chi connectivity index (χ3n) is 4.06. The summed E-state index contributed by atoms with van der Waals surface area (Å²) in [6.07, 6.45) is 3.33. The number of hydrogen-bond donors (Lipinski definition) is 1. The third kappa shape index (κ3) is 2.50. The molecule has 1 amide bonds. The van der Waals surface area contributed by atoms with Crippen LogP contribution in [0.5, 0.6) is 0 Å². The van der Waals surface area contributed by atoms with Gasteiger partial charge in [0.05, 0.1) is 0 Å². The van der Waals surface area contributed by atoms with Crippen molar-refractivity contribution >= 4 is 22.6 Å². The first-order valence-electron chi connectivity index (χ1n) is 7.22. The lowest BCUT2D eigenvalue weighted by molar-refractivity contribution is 0.0731. The molecule has 1 unspecified atom stereocenters. The largest absolute Gasteiger partial charge is 0.451 e. The molecule has 3 rings (SSSR count). The quantitative estimate of drug-likeness (QED) is 0.810. The molecule has 0 bridgehead atoms. The highest BCUT2D eigenvalue weighted by Gasteiger charge is 2.22. The molecule has 1 aliphatic rings. The molecule has 1 aromatic carbocycles. The van der Waals surface area contributed by atoms with Crippen molar-refractivity contribution in [3.05, 3.63) is 30.0 Å². The summed E-state index contributed by atoms with van der Waals surface area (Å²) in [5.41, 5.74) is 7.15. The molecule has 2 aromatic rings. The lowest BCUT2D eigenvalue weighted by atomic mass is 10.0. The maximum atomic E-state index is 12.5. The standard InChI is InChI=1S/C16H20N2O2/c1-11-3-2-7-18(8-6-11)16(19)15-10-12-9-13(17)4-5-14(12)20-15/h4-5,9-11H,2-3,6-8,17H2,1H3. The van der Waals surface area contributed by atoms with E-state index in [0.29, 0.717) is 22.9 Å². The molecule has 1 fully saturated rings. The number of carbonyl (C=O) groups excluding carboxylic acids is 1. The van der Waals surface area contributed by atoms with E-state index in [9.17, 15) is 4.79 Å². The summed E-state index contributed by atoms with van der Waals surface area (Å²) in [4.78, 5) is 14.4. The average molecular weight is 272 g/mol. The summed E-state index contributed by atoms with van der Waals surface area (Å²) in [7, 11) is 0. The number of carbonyl (C=O) groups is 1. The van der Waals surface area contributed by atoms with Crippen LogP contribution in [0.4, 0.5) is 5.69 Å². The van der Waals surface area contributed by atoms with E-state index in [4.69, 9.17) is 10.2 Å². The molecule has 0 spiro atoms. The number of anilines is 1. The van der Waals surface area contributed by atoms with Gasteiger partial charge < -0.3 is 15.1 Å². The highest BCUT2D eigenvalue weighted by Crippen LogP contribution is 2.24. The SMILES string of the molecule is CC1CCCN(C(=O)c2cc3cc(N)ccc3o2)CC1. The topological polar surface area (TPSA) is 59.5 Å². The number of furan rings is 1. The van der Waals surface area contributed by atoms with Crippen LogP contribution in [0.1, 0.15) is 36.7 Å². The number of nitrogen functional groups attached to an aromatic ring is 1. The minimum atomic E-state index is -0.00567. The summed E-state index contributed by atoms with van der Waals surface area (Å²) >= 11 is 0. The number of rotatable bonds is 1. The molecule has 106 valence electrons. The molecule has 2 N–H and O–H groups in total. The Kier molecular flexibility index (Phi) is 3.38. The Balaban J connectivity index is 1.84. The van der Waals surface area contributed by atoms with Crippen molar-refractivity contribution in [2.24, 2.45) is 5.92 Å². The summed E-state index contributed by atoms with van der Waals surface area (Å²) in [5.74, 6) is 1.11. The zero-order valence-corrected chi connectivity index (χ0v) is 11.8. The van der Waals surface area contributed by atoms with Gasteiger partial charge in [-0.2, -0.15) is 0 Å². The minimum absolute atomic E-state index is 0.00567. The number of fused-ring (bicyclic) bond motifs is 1. The van der Waals surface area contributed by atoms with Crippen molar-refractivity contribution in [3.63, 3.8) is 0 Å². The lowest BCUT2D eigenvalue weighted by Gasteiger charge is -2.18. The molecule has 0 aliphatic carbocycles. The Bertz CT molecular complexity index is 632. The van der Waals surface area contributed by atoms with Crippen LogP contribution in [0.25, 0.3) is 11.0 Å². The molecule has 1 saturated heterocycles. The van der Waals surface area contributed by atoms with E-state index < -0.39 is 0 Å². The second-order valence-electron chi connectivity index (χ2n) is 5.74. The van der Waals surface area contributed by atoms with E-state index in [-0.39, 0.29) is 5.91 Å². The fourth-order valence-corrected chi connectivity index (χ4v) is 2.79. The first-order chi connectivity index (χ1) is 9.63. The van der Waals surface area contributed by atoms with Crippen LogP contribution < -0.4 is 5.73 Å². The first-order valence-corrected chi connectivity index (χ1v) is 7.22. The molecular weight excluding hydrogens is 252 g/mol. The molecule has 4 heteroatoms. The maximum Gasteiger partial charge on any atom is 0.289 e. The van der Waals surface area contributed by atoms with Gasteiger partial charge >= 0.3 is 0 Å². The molecule has 4 nitrogen and oxygen atoms in total. The molecule has 20 heavy (non-hydrogen) atoms. The van der Waals surface area contributed by atoms with Crippen LogP contribution in [-0.2, 0) is 0 Å². The van der Waals surface area contributed by atoms with Gasteiger partial charge in [-0.25, -0.2) is 0 Å². The fourth-order valence-electron chi connectivity index (χ4n) is 2.79. The number of nitrogens with two attached hydrogens (primary N) is 1. The normalized spacial score (nSPS) is 20.1. The van der Waals surface area contributed by atoms with E-state index in [1.54, 1.807) is 12.1 Å². The van der Waals surface area contributed by atoms with Gasteiger partial charge in [-0.1, -0.05) is 6.92 Å². The Morgan fingerprint density at radius 3 is 3.00 bits per heavy atom. The van der Waals surface area contributed by atoms with Gasteiger partial charge in [-0.3, -0.25) is 4.79 Å². The van der Waals surface area contributed by atoms with Crippen molar-refractivity contribution < 1.29 is 9.21 Å². The average Bonchev–Trinajstić information content (AvgIpc) is 2.72. The molecule has 0 saturated carbocycles. The zero-order valence-electron chi connectivity index (χ0n) is 11.8. The molecule has 2 heterocycles. The summed E-state index contributed by atoms with van der Waals surface area (Å²) in [6.45, 7) is 3.89. The van der Waals surface area contributed by atoms with Crippen LogP contribution in [0, 0.1) is 5.92 Å². The first kappa shape index (κ1) is 13.0.